The summed E-state index contributed by atoms with van der Waals surface area (Å²) < 4.78 is 10.9. The van der Waals surface area contributed by atoms with Gasteiger partial charge in [-0.15, -0.1) is 0 Å². The Morgan fingerprint density at radius 1 is 1.39 bits per heavy atom. The Kier molecular flexibility index (Phi) is 4.60. The van der Waals surface area contributed by atoms with Gasteiger partial charge in [0, 0.05) is 13.5 Å². The number of rotatable bonds is 5. The highest BCUT2D eigenvalue weighted by atomic mass is 16.5. The van der Waals surface area contributed by atoms with Crippen molar-refractivity contribution in [3.8, 4) is 5.75 Å². The number of carbonyl (C=O) groups is 1. The summed E-state index contributed by atoms with van der Waals surface area (Å²) in [5, 5.41) is 3.91. The number of carbonyl (C=O) groups excluding carboxylic acids is 1. The van der Waals surface area contributed by atoms with Gasteiger partial charge < -0.3 is 14.2 Å². The van der Waals surface area contributed by atoms with Gasteiger partial charge in [-0.1, -0.05) is 30.3 Å². The third-order valence-electron chi connectivity index (χ3n) is 3.96. The zero-order chi connectivity index (χ0) is 16.2. The number of hydrogen-bond acceptors (Lipinski definition) is 5. The highest BCUT2D eigenvalue weighted by Gasteiger charge is 2.28. The number of ether oxygens (including phenoxy) is 1. The number of aromatic nitrogens is 2. The molecule has 0 unspecified atom stereocenters. The van der Waals surface area contributed by atoms with Gasteiger partial charge in [0.05, 0.1) is 12.5 Å². The SMILES string of the molecule is CCCc1noc(CN(C)C(=O)[C@@H]2COc3ccccc3C2)n1. The number of amides is 1. The van der Waals surface area contributed by atoms with Gasteiger partial charge in [0.1, 0.15) is 12.4 Å². The summed E-state index contributed by atoms with van der Waals surface area (Å²) in [6.45, 7) is 2.80. The van der Waals surface area contributed by atoms with Gasteiger partial charge in [-0.05, 0) is 24.5 Å². The average molecular weight is 315 g/mol. The fraction of sp³-hybridized carbons (Fsp3) is 0.471. The van der Waals surface area contributed by atoms with Crippen LogP contribution in [0.2, 0.25) is 0 Å². The van der Waals surface area contributed by atoms with E-state index in [9.17, 15) is 4.79 Å². The molecule has 0 saturated heterocycles. The van der Waals surface area contributed by atoms with Gasteiger partial charge in [0.25, 0.3) is 0 Å². The van der Waals surface area contributed by atoms with Crippen LogP contribution < -0.4 is 4.74 Å². The quantitative estimate of drug-likeness (QED) is 0.846. The van der Waals surface area contributed by atoms with Crippen molar-refractivity contribution in [2.24, 2.45) is 5.92 Å². The summed E-state index contributed by atoms with van der Waals surface area (Å²) in [6, 6.07) is 7.85. The Hall–Kier alpha value is -2.37. The number of fused-ring (bicyclic) bond motifs is 1. The maximum Gasteiger partial charge on any atom is 0.246 e. The van der Waals surface area contributed by atoms with E-state index in [1.54, 1.807) is 11.9 Å². The van der Waals surface area contributed by atoms with E-state index >= 15 is 0 Å². The van der Waals surface area contributed by atoms with Crippen molar-refractivity contribution in [2.75, 3.05) is 13.7 Å². The first-order chi connectivity index (χ1) is 11.2. The van der Waals surface area contributed by atoms with Crippen molar-refractivity contribution < 1.29 is 14.1 Å². The molecule has 0 fully saturated rings. The van der Waals surface area contributed by atoms with E-state index in [1.165, 1.54) is 0 Å². The predicted octanol–water partition coefficient (Wildman–Crippen LogP) is 2.23. The van der Waals surface area contributed by atoms with Gasteiger partial charge in [0.15, 0.2) is 5.82 Å². The second-order valence-corrected chi connectivity index (χ2v) is 5.87. The third-order valence-corrected chi connectivity index (χ3v) is 3.96. The average Bonchev–Trinajstić information content (AvgIpc) is 3.01. The lowest BCUT2D eigenvalue weighted by atomic mass is 9.95. The van der Waals surface area contributed by atoms with E-state index in [1.807, 2.05) is 24.3 Å². The maximum absolute atomic E-state index is 12.6. The number of nitrogens with zero attached hydrogens (tertiary/aromatic N) is 3. The fourth-order valence-electron chi connectivity index (χ4n) is 2.76. The molecule has 1 aromatic heterocycles. The summed E-state index contributed by atoms with van der Waals surface area (Å²) >= 11 is 0. The number of hydrogen-bond donors (Lipinski definition) is 0. The van der Waals surface area contributed by atoms with Crippen molar-refractivity contribution in [2.45, 2.75) is 32.7 Å². The number of aryl methyl sites for hydroxylation is 1. The number of benzene rings is 1. The molecule has 6 heteroatoms. The Morgan fingerprint density at radius 3 is 3.04 bits per heavy atom. The molecule has 122 valence electrons. The summed E-state index contributed by atoms with van der Waals surface area (Å²) in [7, 11) is 1.76. The topological polar surface area (TPSA) is 68.5 Å². The van der Waals surface area contributed by atoms with Crippen LogP contribution in [0.4, 0.5) is 0 Å². The van der Waals surface area contributed by atoms with E-state index < -0.39 is 0 Å². The van der Waals surface area contributed by atoms with Crippen LogP contribution in [-0.2, 0) is 24.2 Å². The molecule has 2 heterocycles. The van der Waals surface area contributed by atoms with E-state index in [0.717, 1.165) is 24.2 Å². The van der Waals surface area contributed by atoms with Crippen molar-refractivity contribution in [3.63, 3.8) is 0 Å². The van der Waals surface area contributed by atoms with Gasteiger partial charge >= 0.3 is 0 Å². The molecule has 1 aliphatic rings. The minimum atomic E-state index is -0.173. The Balaban J connectivity index is 1.61. The van der Waals surface area contributed by atoms with Crippen LogP contribution in [0.1, 0.15) is 30.6 Å². The molecule has 0 radical (unpaired) electrons. The molecule has 0 aliphatic carbocycles. The smallest absolute Gasteiger partial charge is 0.246 e. The van der Waals surface area contributed by atoms with Gasteiger partial charge in [-0.25, -0.2) is 0 Å². The predicted molar refractivity (Wildman–Crippen MR) is 83.9 cm³/mol. The minimum absolute atomic E-state index is 0.0368. The first kappa shape index (κ1) is 15.5. The first-order valence-electron chi connectivity index (χ1n) is 7.94. The van der Waals surface area contributed by atoms with E-state index in [-0.39, 0.29) is 11.8 Å². The summed E-state index contributed by atoms with van der Waals surface area (Å²) in [5.74, 6) is 1.91. The molecule has 0 saturated carbocycles. The zero-order valence-corrected chi connectivity index (χ0v) is 13.5. The lowest BCUT2D eigenvalue weighted by Gasteiger charge is -2.27. The van der Waals surface area contributed by atoms with E-state index in [4.69, 9.17) is 9.26 Å². The van der Waals surface area contributed by atoms with Crippen LogP contribution in [0.5, 0.6) is 5.75 Å². The molecule has 0 N–H and O–H groups in total. The lowest BCUT2D eigenvalue weighted by Crippen LogP contribution is -2.38. The monoisotopic (exact) mass is 315 g/mol. The molecular formula is C17H21N3O3. The van der Waals surface area contributed by atoms with Crippen molar-refractivity contribution in [1.29, 1.82) is 0 Å². The van der Waals surface area contributed by atoms with Crippen LogP contribution in [0.3, 0.4) is 0 Å². The Morgan fingerprint density at radius 2 is 2.22 bits per heavy atom. The lowest BCUT2D eigenvalue weighted by molar-refractivity contribution is -0.136. The molecule has 6 nitrogen and oxygen atoms in total. The Bertz CT molecular complexity index is 683. The third kappa shape index (κ3) is 3.52. The molecule has 3 rings (SSSR count). The molecule has 1 amide bonds. The number of para-hydroxylation sites is 1. The summed E-state index contributed by atoms with van der Waals surface area (Å²) in [5.41, 5.74) is 1.08. The van der Waals surface area contributed by atoms with Gasteiger partial charge in [0.2, 0.25) is 11.8 Å². The van der Waals surface area contributed by atoms with Crippen LogP contribution in [0.25, 0.3) is 0 Å². The van der Waals surface area contributed by atoms with Crippen LogP contribution >= 0.6 is 0 Å². The summed E-state index contributed by atoms with van der Waals surface area (Å²) in [6.07, 6.45) is 2.45. The molecule has 23 heavy (non-hydrogen) atoms. The van der Waals surface area contributed by atoms with Gasteiger partial charge in [-0.3, -0.25) is 4.79 Å². The van der Waals surface area contributed by atoms with Crippen LogP contribution in [0.15, 0.2) is 28.8 Å². The highest BCUT2D eigenvalue weighted by Crippen LogP contribution is 2.27. The van der Waals surface area contributed by atoms with Crippen molar-refractivity contribution >= 4 is 5.91 Å². The van der Waals surface area contributed by atoms with Crippen LogP contribution in [-0.4, -0.2) is 34.6 Å². The molecule has 1 atom stereocenters. The van der Waals surface area contributed by atoms with Gasteiger partial charge in [-0.2, -0.15) is 4.98 Å². The molecule has 0 bridgehead atoms. The Labute approximate surface area is 135 Å². The molecular weight excluding hydrogens is 294 g/mol. The second-order valence-electron chi connectivity index (χ2n) is 5.87. The minimum Gasteiger partial charge on any atom is -0.492 e. The largest absolute Gasteiger partial charge is 0.492 e. The van der Waals surface area contributed by atoms with E-state index in [2.05, 4.69) is 17.1 Å². The van der Waals surface area contributed by atoms with E-state index in [0.29, 0.717) is 31.3 Å². The first-order valence-corrected chi connectivity index (χ1v) is 7.94. The zero-order valence-electron chi connectivity index (χ0n) is 13.5. The highest BCUT2D eigenvalue weighted by molar-refractivity contribution is 5.79. The second kappa shape index (κ2) is 6.81. The molecule has 0 spiro atoms. The molecule has 2 aromatic rings. The van der Waals surface area contributed by atoms with Crippen molar-refractivity contribution in [1.82, 2.24) is 15.0 Å². The normalized spacial score (nSPS) is 16.5. The van der Waals surface area contributed by atoms with Crippen molar-refractivity contribution in [3.05, 3.63) is 41.5 Å². The summed E-state index contributed by atoms with van der Waals surface area (Å²) in [4.78, 5) is 18.5. The fourth-order valence-corrected chi connectivity index (χ4v) is 2.76. The molecule has 1 aromatic carbocycles. The standard InChI is InChI=1S/C17H21N3O3/c1-3-6-15-18-16(23-19-15)10-20(2)17(21)13-9-12-7-4-5-8-14(12)22-11-13/h4-5,7-8,13H,3,6,9-11H2,1-2H3/t13-/m0/s1. The van der Waals surface area contributed by atoms with Crippen LogP contribution in [0, 0.1) is 5.92 Å². The maximum atomic E-state index is 12.6. The molecule has 1 aliphatic heterocycles.